The molecule has 0 aromatic heterocycles. The molecule has 2 atom stereocenters. The molecule has 160 valence electrons. The fourth-order valence-corrected chi connectivity index (χ4v) is 2.92. The molecule has 0 unspecified atom stereocenters. The number of nitrogens with one attached hydrogen (secondary N) is 2. The summed E-state index contributed by atoms with van der Waals surface area (Å²) in [5.41, 5.74) is 6.48. The number of hydrogen-bond acceptors (Lipinski definition) is 5. The Hall–Kier alpha value is -3.26. The van der Waals surface area contributed by atoms with E-state index in [1.54, 1.807) is 0 Å². The number of halogens is 1. The van der Waals surface area contributed by atoms with Crippen molar-refractivity contribution in [2.75, 3.05) is 0 Å². The van der Waals surface area contributed by atoms with E-state index in [9.17, 15) is 19.5 Å². The molecule has 0 radical (unpaired) electrons. The zero-order chi connectivity index (χ0) is 22.1. The number of hydrogen-bond donors (Lipinski definition) is 4. The maximum atomic E-state index is 12.5. The predicted octanol–water partition coefficient (Wildman–Crippen LogP) is 2.26. The van der Waals surface area contributed by atoms with Gasteiger partial charge in [-0.2, -0.15) is 0 Å². The molecule has 8 nitrogen and oxygen atoms in total. The van der Waals surface area contributed by atoms with Crippen molar-refractivity contribution >= 4 is 29.5 Å². The molecule has 0 fully saturated rings. The molecule has 2 rings (SSSR count). The first kappa shape index (κ1) is 23.0. The monoisotopic (exact) mass is 433 g/mol. The van der Waals surface area contributed by atoms with Crippen molar-refractivity contribution in [1.29, 1.82) is 0 Å². The fourth-order valence-electron chi connectivity index (χ4n) is 2.73. The van der Waals surface area contributed by atoms with Gasteiger partial charge in [0.1, 0.15) is 11.8 Å². The first-order valence-corrected chi connectivity index (χ1v) is 9.69. The third kappa shape index (κ3) is 7.29. The van der Waals surface area contributed by atoms with Gasteiger partial charge in [0.25, 0.3) is 5.91 Å². The molecule has 5 N–H and O–H groups in total. The minimum absolute atomic E-state index is 0.00720. The quantitative estimate of drug-likeness (QED) is 0.481. The van der Waals surface area contributed by atoms with Crippen LogP contribution in [0.4, 0.5) is 4.79 Å². The molecule has 0 bridgehead atoms. The average molecular weight is 434 g/mol. The highest BCUT2D eigenvalue weighted by atomic mass is 35.5. The van der Waals surface area contributed by atoms with Crippen LogP contribution in [0, 0.1) is 0 Å². The number of aryl methyl sites for hydroxylation is 1. The van der Waals surface area contributed by atoms with E-state index in [1.165, 1.54) is 25.1 Å². The second kappa shape index (κ2) is 11.1. The minimum Gasteiger partial charge on any atom is -0.508 e. The number of amides is 3. The van der Waals surface area contributed by atoms with Crippen molar-refractivity contribution in [1.82, 2.24) is 10.6 Å². The van der Waals surface area contributed by atoms with Gasteiger partial charge in [0.05, 0.1) is 0 Å². The lowest BCUT2D eigenvalue weighted by Gasteiger charge is -2.20. The third-order valence-corrected chi connectivity index (χ3v) is 4.57. The van der Waals surface area contributed by atoms with E-state index in [-0.39, 0.29) is 18.7 Å². The zero-order valence-electron chi connectivity index (χ0n) is 16.4. The van der Waals surface area contributed by atoms with Crippen molar-refractivity contribution in [3.05, 3.63) is 64.7 Å². The first-order chi connectivity index (χ1) is 14.3. The second-order valence-corrected chi connectivity index (χ2v) is 7.11. The van der Waals surface area contributed by atoms with Crippen LogP contribution in [-0.4, -0.2) is 35.2 Å². The highest BCUT2D eigenvalue weighted by molar-refractivity contribution is 6.30. The highest BCUT2D eigenvalue weighted by Gasteiger charge is 2.25. The Morgan fingerprint density at radius 3 is 2.50 bits per heavy atom. The highest BCUT2D eigenvalue weighted by Crippen LogP contribution is 2.21. The number of phenolic OH excluding ortho intramolecular Hbond substituents is 1. The maximum Gasteiger partial charge on any atom is 0.405 e. The van der Waals surface area contributed by atoms with Crippen molar-refractivity contribution in [2.24, 2.45) is 5.73 Å². The number of primary amides is 1. The molecule has 0 saturated heterocycles. The van der Waals surface area contributed by atoms with Gasteiger partial charge in [-0.1, -0.05) is 41.9 Å². The summed E-state index contributed by atoms with van der Waals surface area (Å²) < 4.78 is 4.92. The van der Waals surface area contributed by atoms with E-state index in [1.807, 2.05) is 30.3 Å². The summed E-state index contributed by atoms with van der Waals surface area (Å²) >= 11 is 5.88. The van der Waals surface area contributed by atoms with Crippen LogP contribution < -0.4 is 16.4 Å². The van der Waals surface area contributed by atoms with Crippen LogP contribution in [-0.2, 0) is 27.3 Å². The number of aromatic hydroxyl groups is 1. The summed E-state index contributed by atoms with van der Waals surface area (Å²) in [5.74, 6) is -1.12. The van der Waals surface area contributed by atoms with Crippen LogP contribution in [0.5, 0.6) is 5.75 Å². The summed E-state index contributed by atoms with van der Waals surface area (Å²) in [6.45, 7) is 1.52. The minimum atomic E-state index is -1.13. The Balaban J connectivity index is 1.91. The van der Waals surface area contributed by atoms with Gasteiger partial charge in [0.15, 0.2) is 6.10 Å². The van der Waals surface area contributed by atoms with Gasteiger partial charge in [-0.05, 0) is 43.5 Å². The maximum absolute atomic E-state index is 12.5. The van der Waals surface area contributed by atoms with Crippen LogP contribution >= 0.6 is 11.6 Å². The molecular formula is C21H24ClN3O5. The number of ether oxygens (including phenoxy) is 1. The topological polar surface area (TPSA) is 131 Å². The molecule has 3 amide bonds. The molecule has 0 heterocycles. The first-order valence-electron chi connectivity index (χ1n) is 9.31. The van der Waals surface area contributed by atoms with Gasteiger partial charge in [-0.3, -0.25) is 9.59 Å². The van der Waals surface area contributed by atoms with E-state index < -0.39 is 30.1 Å². The van der Waals surface area contributed by atoms with Gasteiger partial charge >= 0.3 is 6.09 Å². The van der Waals surface area contributed by atoms with Crippen LogP contribution in [0.1, 0.15) is 24.5 Å². The Morgan fingerprint density at radius 1 is 1.13 bits per heavy atom. The number of nitrogens with two attached hydrogens (primary N) is 1. The van der Waals surface area contributed by atoms with E-state index in [0.717, 1.165) is 5.56 Å². The van der Waals surface area contributed by atoms with Crippen molar-refractivity contribution < 1.29 is 24.2 Å². The van der Waals surface area contributed by atoms with Gasteiger partial charge in [0, 0.05) is 17.1 Å². The van der Waals surface area contributed by atoms with Crippen molar-refractivity contribution in [2.45, 2.75) is 38.5 Å². The molecule has 30 heavy (non-hydrogen) atoms. The van der Waals surface area contributed by atoms with Crippen LogP contribution in [0.25, 0.3) is 0 Å². The van der Waals surface area contributed by atoms with E-state index in [2.05, 4.69) is 10.6 Å². The van der Waals surface area contributed by atoms with Crippen molar-refractivity contribution in [3.63, 3.8) is 0 Å². The lowest BCUT2D eigenvalue weighted by Crippen LogP contribution is -2.49. The molecule has 2 aromatic carbocycles. The van der Waals surface area contributed by atoms with Crippen LogP contribution in [0.3, 0.4) is 0 Å². The fraction of sp³-hybridized carbons (Fsp3) is 0.286. The summed E-state index contributed by atoms with van der Waals surface area (Å²) in [6.07, 6.45) is -1.50. The second-order valence-electron chi connectivity index (χ2n) is 6.67. The summed E-state index contributed by atoms with van der Waals surface area (Å²) in [6, 6.07) is 13.0. The van der Waals surface area contributed by atoms with E-state index >= 15 is 0 Å². The molecule has 0 spiro atoms. The third-order valence-electron chi connectivity index (χ3n) is 4.34. The number of phenols is 1. The van der Waals surface area contributed by atoms with E-state index in [0.29, 0.717) is 17.0 Å². The largest absolute Gasteiger partial charge is 0.508 e. The molecule has 2 aromatic rings. The molecule has 0 aliphatic rings. The van der Waals surface area contributed by atoms with Gasteiger partial charge < -0.3 is 26.2 Å². The number of carbonyl (C=O) groups excluding carboxylic acids is 3. The molecule has 0 saturated carbocycles. The molecule has 0 aliphatic heterocycles. The molecule has 9 heteroatoms. The van der Waals surface area contributed by atoms with Gasteiger partial charge in [-0.25, -0.2) is 4.79 Å². The van der Waals surface area contributed by atoms with Crippen LogP contribution in [0.2, 0.25) is 5.02 Å². The normalized spacial score (nSPS) is 12.5. The van der Waals surface area contributed by atoms with E-state index in [4.69, 9.17) is 22.1 Å². The number of rotatable bonds is 9. The summed E-state index contributed by atoms with van der Waals surface area (Å²) in [4.78, 5) is 36.0. The summed E-state index contributed by atoms with van der Waals surface area (Å²) in [7, 11) is 0. The lowest BCUT2D eigenvalue weighted by molar-refractivity contribution is -0.134. The smallest absolute Gasteiger partial charge is 0.405 e. The molecular weight excluding hydrogens is 410 g/mol. The zero-order valence-corrected chi connectivity index (χ0v) is 17.2. The Morgan fingerprint density at radius 2 is 1.83 bits per heavy atom. The Labute approximate surface area is 179 Å². The Bertz CT molecular complexity index is 891. The number of benzene rings is 2. The lowest BCUT2D eigenvalue weighted by atomic mass is 10.1. The van der Waals surface area contributed by atoms with Gasteiger partial charge in [-0.15, -0.1) is 0 Å². The molecule has 0 aliphatic carbocycles. The van der Waals surface area contributed by atoms with Crippen LogP contribution in [0.15, 0.2) is 48.5 Å². The Kier molecular flexibility index (Phi) is 8.49. The summed E-state index contributed by atoms with van der Waals surface area (Å²) in [5, 5.41) is 15.3. The standard InChI is InChI=1S/C21H24ClN3O5/c1-13(19(27)24-12-15-11-16(22)8-9-17(15)26)25-20(28)18(30-21(23)29)10-7-14-5-3-2-4-6-14/h2-6,8-9,11,13,18,26H,7,10,12H2,1H3,(H2,23,29)(H,24,27)(H,25,28)/t13-,18+/m0/s1. The van der Waals surface area contributed by atoms with Crippen molar-refractivity contribution in [3.8, 4) is 5.75 Å². The number of carbonyl (C=O) groups is 3. The predicted molar refractivity (Wildman–Crippen MR) is 112 cm³/mol. The average Bonchev–Trinajstić information content (AvgIpc) is 2.71. The SMILES string of the molecule is C[C@H](NC(=O)[C@@H](CCc1ccccc1)OC(N)=O)C(=O)NCc1cc(Cl)ccc1O. The van der Waals surface area contributed by atoms with Gasteiger partial charge in [0.2, 0.25) is 5.91 Å².